The van der Waals surface area contributed by atoms with Gasteiger partial charge in [-0.05, 0) is 86.6 Å². The monoisotopic (exact) mass is 636 g/mol. The highest BCUT2D eigenvalue weighted by Gasteiger charge is 2.41. The van der Waals surface area contributed by atoms with E-state index in [-0.39, 0.29) is 5.91 Å². The highest BCUT2D eigenvalue weighted by atomic mass is 16.2. The first-order valence-electron chi connectivity index (χ1n) is 16.9. The van der Waals surface area contributed by atoms with Crippen LogP contribution in [0.15, 0.2) is 133 Å². The van der Waals surface area contributed by atoms with Crippen molar-refractivity contribution in [2.45, 2.75) is 13.8 Å². The first-order valence-corrected chi connectivity index (χ1v) is 16.9. The van der Waals surface area contributed by atoms with Crippen molar-refractivity contribution in [2.75, 3.05) is 32.7 Å². The minimum Gasteiger partial charge on any atom is -0.338 e. The molecule has 0 fully saturated rings. The summed E-state index contributed by atoms with van der Waals surface area (Å²) < 4.78 is 1.81. The Morgan fingerprint density at radius 2 is 0.837 bits per heavy atom. The number of hydrogen-bond acceptors (Lipinski definition) is 6. The van der Waals surface area contributed by atoms with Crippen molar-refractivity contribution in [1.82, 2.24) is 9.55 Å². The summed E-state index contributed by atoms with van der Waals surface area (Å²) >= 11 is 0. The summed E-state index contributed by atoms with van der Waals surface area (Å²) in [7, 11) is 0. The van der Waals surface area contributed by atoms with Gasteiger partial charge in [0.05, 0.1) is 79.0 Å². The average Bonchev–Trinajstić information content (AvgIpc) is 3.68. The fourth-order valence-electron chi connectivity index (χ4n) is 8.15. The largest absolute Gasteiger partial charge is 0.338 e. The number of nitrogens with zero attached hydrogens (tertiary/aromatic N) is 6. The smallest absolute Gasteiger partial charge is 0.267 e. The van der Waals surface area contributed by atoms with Gasteiger partial charge in [-0.15, -0.1) is 0 Å². The van der Waals surface area contributed by atoms with Crippen LogP contribution in [0, 0.1) is 0 Å². The van der Waals surface area contributed by atoms with E-state index in [9.17, 15) is 0 Å². The predicted octanol–water partition coefficient (Wildman–Crippen LogP) is 10.6. The van der Waals surface area contributed by atoms with Crippen LogP contribution >= 0.6 is 0 Å². The van der Waals surface area contributed by atoms with E-state index in [1.807, 2.05) is 28.8 Å². The molecule has 0 N–H and O–H groups in total. The number of rotatable bonds is 4. The number of fused-ring (bicyclic) bond motifs is 9. The van der Waals surface area contributed by atoms with Crippen LogP contribution in [0.25, 0.3) is 22.4 Å². The molecule has 1 aromatic heterocycles. The molecular formula is C42H32N6O. The molecule has 10 rings (SSSR count). The second kappa shape index (κ2) is 10.3. The molecule has 0 saturated heterocycles. The quantitative estimate of drug-likeness (QED) is 0.192. The number of carbonyl (C=O) groups excluding carboxylic acids is 1. The molecule has 0 unspecified atom stereocenters. The highest BCUT2D eigenvalue weighted by Crippen LogP contribution is 2.58. The topological polar surface area (TPSA) is 47.9 Å². The van der Waals surface area contributed by atoms with Gasteiger partial charge in [-0.25, -0.2) is 4.98 Å². The van der Waals surface area contributed by atoms with Crippen LogP contribution in [0.2, 0.25) is 0 Å². The summed E-state index contributed by atoms with van der Waals surface area (Å²) in [4.78, 5) is 29.5. The van der Waals surface area contributed by atoms with Crippen LogP contribution in [0.4, 0.5) is 56.9 Å². The third-order valence-electron chi connectivity index (χ3n) is 10.1. The Labute approximate surface area is 284 Å². The Morgan fingerprint density at radius 3 is 1.29 bits per heavy atom. The van der Waals surface area contributed by atoms with Crippen LogP contribution in [0.1, 0.15) is 24.2 Å². The Bertz CT molecular complexity index is 2400. The molecule has 0 spiro atoms. The van der Waals surface area contributed by atoms with Gasteiger partial charge in [-0.1, -0.05) is 60.7 Å². The maximum Gasteiger partial charge on any atom is 0.267 e. The lowest BCUT2D eigenvalue weighted by molar-refractivity contribution is 0.0974. The second-order valence-electron chi connectivity index (χ2n) is 12.5. The normalized spacial score (nSPS) is 14.0. The molecule has 3 aliphatic heterocycles. The number of para-hydroxylation sites is 10. The zero-order valence-corrected chi connectivity index (χ0v) is 27.2. The Kier molecular flexibility index (Phi) is 5.85. The standard InChI is InChI=1S/C42H32N6O/c1-3-44-29-17-7-11-21-33(29)46(34-22-12-8-18-30(34)44)37-25-26-38(40-39(37)41-43-27-15-5-6-16-28(27)48(41)42(40)49)47-35-23-13-9-19-31(35)45(4-2)32-20-10-14-24-36(32)47/h5-26H,3-4H2,1-2H3. The number of anilines is 10. The lowest BCUT2D eigenvalue weighted by atomic mass is 9.97. The van der Waals surface area contributed by atoms with Crippen molar-refractivity contribution >= 4 is 73.8 Å². The van der Waals surface area contributed by atoms with Gasteiger partial charge in [0.1, 0.15) is 0 Å². The van der Waals surface area contributed by atoms with Crippen LogP contribution in [0.5, 0.6) is 0 Å². The molecule has 4 heterocycles. The SMILES string of the molecule is CCN1c2ccccc2N(c2ccc(N3c4ccccc4N(CC)c4ccccc43)c3c2C(=O)n2c-3nc3ccccc32)c2ccccc21. The predicted molar refractivity (Wildman–Crippen MR) is 200 cm³/mol. The van der Waals surface area contributed by atoms with Gasteiger partial charge >= 0.3 is 0 Å². The number of aromatic nitrogens is 2. The summed E-state index contributed by atoms with van der Waals surface area (Å²) in [6.45, 7) is 6.01. The number of benzene rings is 6. The van der Waals surface area contributed by atoms with Gasteiger partial charge in [0.25, 0.3) is 5.91 Å². The summed E-state index contributed by atoms with van der Waals surface area (Å²) in [5.74, 6) is 0.594. The van der Waals surface area contributed by atoms with E-state index >= 15 is 4.79 Å². The maximum absolute atomic E-state index is 15.1. The van der Waals surface area contributed by atoms with Gasteiger partial charge < -0.3 is 19.6 Å². The van der Waals surface area contributed by atoms with Gasteiger partial charge in [0.15, 0.2) is 5.82 Å². The third-order valence-corrected chi connectivity index (χ3v) is 10.1. The van der Waals surface area contributed by atoms with Crippen LogP contribution in [0.3, 0.4) is 0 Å². The van der Waals surface area contributed by atoms with Crippen molar-refractivity contribution in [1.29, 1.82) is 0 Å². The van der Waals surface area contributed by atoms with Crippen molar-refractivity contribution < 1.29 is 4.79 Å². The molecule has 0 amide bonds. The fraction of sp³-hybridized carbons (Fsp3) is 0.0952. The highest BCUT2D eigenvalue weighted by molar-refractivity contribution is 6.21. The molecule has 0 bridgehead atoms. The van der Waals surface area contributed by atoms with E-state index in [2.05, 4.69) is 143 Å². The molecule has 236 valence electrons. The fourth-order valence-corrected chi connectivity index (χ4v) is 8.15. The molecule has 0 aliphatic carbocycles. The summed E-state index contributed by atoms with van der Waals surface area (Å²) in [5, 5.41) is 0. The lowest BCUT2D eigenvalue weighted by Crippen LogP contribution is -2.28. The first kappa shape index (κ1) is 27.7. The van der Waals surface area contributed by atoms with Crippen molar-refractivity contribution in [3.05, 3.63) is 139 Å². The van der Waals surface area contributed by atoms with E-state index in [0.29, 0.717) is 11.4 Å². The molecule has 0 saturated carbocycles. The van der Waals surface area contributed by atoms with E-state index in [1.54, 1.807) is 0 Å². The van der Waals surface area contributed by atoms with E-state index in [1.165, 1.54) is 0 Å². The first-order chi connectivity index (χ1) is 24.2. The minimum atomic E-state index is -0.0720. The maximum atomic E-state index is 15.1. The molecule has 3 aliphatic rings. The number of imidazole rings is 1. The summed E-state index contributed by atoms with van der Waals surface area (Å²) in [6, 6.07) is 46.2. The second-order valence-corrected chi connectivity index (χ2v) is 12.5. The Balaban J connectivity index is 1.30. The van der Waals surface area contributed by atoms with E-state index in [4.69, 9.17) is 4.98 Å². The van der Waals surface area contributed by atoms with Crippen LogP contribution in [-0.4, -0.2) is 28.5 Å². The van der Waals surface area contributed by atoms with Crippen molar-refractivity contribution in [3.63, 3.8) is 0 Å². The summed E-state index contributed by atoms with van der Waals surface area (Å²) in [5.41, 5.74) is 13.5. The van der Waals surface area contributed by atoms with Crippen molar-refractivity contribution in [3.8, 4) is 11.4 Å². The minimum absolute atomic E-state index is 0.0720. The zero-order chi connectivity index (χ0) is 32.8. The van der Waals surface area contributed by atoms with Gasteiger partial charge in [-0.3, -0.25) is 9.36 Å². The van der Waals surface area contributed by atoms with Crippen LogP contribution in [-0.2, 0) is 0 Å². The molecule has 7 aromatic rings. The third kappa shape index (κ3) is 3.67. The lowest BCUT2D eigenvalue weighted by Gasteiger charge is -2.41. The molecule has 7 nitrogen and oxygen atoms in total. The van der Waals surface area contributed by atoms with Gasteiger partial charge in [0, 0.05) is 13.1 Å². The molecular weight excluding hydrogens is 605 g/mol. The van der Waals surface area contributed by atoms with Crippen LogP contribution < -0.4 is 19.6 Å². The summed E-state index contributed by atoms with van der Waals surface area (Å²) in [6.07, 6.45) is 0. The molecule has 0 atom stereocenters. The van der Waals surface area contributed by atoms with Gasteiger partial charge in [-0.2, -0.15) is 0 Å². The zero-order valence-electron chi connectivity index (χ0n) is 27.2. The molecule has 7 heteroatoms. The number of carbonyl (C=O) groups is 1. The van der Waals surface area contributed by atoms with Gasteiger partial charge in [0.2, 0.25) is 0 Å². The molecule has 6 aromatic carbocycles. The Hall–Kier alpha value is -6.34. The molecule has 49 heavy (non-hydrogen) atoms. The van der Waals surface area contributed by atoms with Crippen molar-refractivity contribution in [2.24, 2.45) is 0 Å². The Morgan fingerprint density at radius 1 is 0.449 bits per heavy atom. The average molecular weight is 637 g/mol. The van der Waals surface area contributed by atoms with E-state index in [0.717, 1.165) is 86.6 Å². The van der Waals surface area contributed by atoms with E-state index < -0.39 is 0 Å². The molecule has 0 radical (unpaired) electrons. The number of hydrogen-bond donors (Lipinski definition) is 0.